The van der Waals surface area contributed by atoms with E-state index in [-0.39, 0.29) is 11.6 Å². The van der Waals surface area contributed by atoms with Crippen LogP contribution in [0.3, 0.4) is 0 Å². The molecule has 1 aliphatic rings. The minimum absolute atomic E-state index is 0.0769. The zero-order valence-corrected chi connectivity index (χ0v) is 19.5. The first-order valence-corrected chi connectivity index (χ1v) is 11.7. The fraction of sp³-hybridized carbons (Fsp3) is 0.385. The number of benzene rings is 2. The molecule has 0 spiro atoms. The molecule has 0 radical (unpaired) electrons. The summed E-state index contributed by atoms with van der Waals surface area (Å²) in [6.07, 6.45) is 2.30. The Balaban J connectivity index is 1.65. The van der Waals surface area contributed by atoms with Crippen molar-refractivity contribution in [1.29, 1.82) is 0 Å². The molecule has 1 fully saturated rings. The van der Waals surface area contributed by atoms with E-state index in [0.29, 0.717) is 23.9 Å². The molecule has 1 aliphatic heterocycles. The average molecular weight is 443 g/mol. The molecule has 4 aromatic rings. The highest BCUT2D eigenvalue weighted by molar-refractivity contribution is 5.83. The number of rotatable bonds is 5. The summed E-state index contributed by atoms with van der Waals surface area (Å²) in [6, 6.07) is 16.1. The minimum Gasteiger partial charge on any atom is -0.321 e. The number of aryl methyl sites for hydroxylation is 2. The van der Waals surface area contributed by atoms with Gasteiger partial charge < -0.3 is 4.98 Å². The average Bonchev–Trinajstić information content (AvgIpc) is 3.23. The van der Waals surface area contributed by atoms with Gasteiger partial charge in [0.25, 0.3) is 5.56 Å². The van der Waals surface area contributed by atoms with E-state index in [1.807, 2.05) is 35.9 Å². The Morgan fingerprint density at radius 1 is 1.15 bits per heavy atom. The van der Waals surface area contributed by atoms with Gasteiger partial charge >= 0.3 is 0 Å². The molecule has 1 saturated heterocycles. The van der Waals surface area contributed by atoms with Crippen LogP contribution < -0.4 is 5.56 Å². The van der Waals surface area contributed by atoms with E-state index in [0.717, 1.165) is 41.5 Å². The molecule has 2 aromatic carbocycles. The summed E-state index contributed by atoms with van der Waals surface area (Å²) in [7, 11) is 0. The molecular formula is C26H30N6O. The van der Waals surface area contributed by atoms with Gasteiger partial charge in [-0.1, -0.05) is 48.9 Å². The summed E-state index contributed by atoms with van der Waals surface area (Å²) >= 11 is 0. The van der Waals surface area contributed by atoms with E-state index in [1.165, 1.54) is 12.0 Å². The van der Waals surface area contributed by atoms with Gasteiger partial charge in [-0.2, -0.15) is 0 Å². The van der Waals surface area contributed by atoms with Crippen molar-refractivity contribution in [1.82, 2.24) is 30.1 Å². The number of hydrogen-bond donors (Lipinski definition) is 1. The monoisotopic (exact) mass is 442 g/mol. The van der Waals surface area contributed by atoms with Crippen LogP contribution in [0.15, 0.2) is 53.3 Å². The Hall–Kier alpha value is -3.32. The first-order valence-electron chi connectivity index (χ1n) is 11.7. The van der Waals surface area contributed by atoms with Crippen LogP contribution in [0.4, 0.5) is 0 Å². The van der Waals surface area contributed by atoms with E-state index in [1.54, 1.807) is 0 Å². The van der Waals surface area contributed by atoms with Crippen LogP contribution in [0.2, 0.25) is 0 Å². The van der Waals surface area contributed by atoms with Crippen LogP contribution in [0.1, 0.15) is 53.9 Å². The summed E-state index contributed by atoms with van der Waals surface area (Å²) in [5, 5.41) is 13.8. The van der Waals surface area contributed by atoms with Gasteiger partial charge in [0.15, 0.2) is 5.82 Å². The number of aromatic amines is 1. The smallest absolute Gasteiger partial charge is 0.253 e. The van der Waals surface area contributed by atoms with Crippen molar-refractivity contribution >= 4 is 10.9 Å². The third-order valence-electron chi connectivity index (χ3n) is 6.65. The topological polar surface area (TPSA) is 79.7 Å². The van der Waals surface area contributed by atoms with Crippen LogP contribution in [-0.4, -0.2) is 43.2 Å². The molecule has 5 rings (SSSR count). The molecule has 0 aliphatic carbocycles. The SMILES string of the molecule is Cc1cc(C)c2[nH]c(=O)c([C@H](c3nnnn3Cc3ccccc3)N3CCC[C@H](C)C3)cc2c1. The van der Waals surface area contributed by atoms with Crippen LogP contribution in [0.5, 0.6) is 0 Å². The van der Waals surface area contributed by atoms with Crippen LogP contribution >= 0.6 is 0 Å². The maximum absolute atomic E-state index is 13.4. The van der Waals surface area contributed by atoms with Gasteiger partial charge in [-0.3, -0.25) is 9.69 Å². The molecule has 33 heavy (non-hydrogen) atoms. The Bertz CT molecular complexity index is 1330. The predicted octanol–water partition coefficient (Wildman–Crippen LogP) is 4.00. The number of hydrogen-bond acceptors (Lipinski definition) is 5. The lowest BCUT2D eigenvalue weighted by molar-refractivity contribution is 0.141. The Kier molecular flexibility index (Phi) is 5.81. The number of H-pyrrole nitrogens is 1. The highest BCUT2D eigenvalue weighted by atomic mass is 16.1. The minimum atomic E-state index is -0.305. The van der Waals surface area contributed by atoms with E-state index in [9.17, 15) is 4.79 Å². The van der Waals surface area contributed by atoms with E-state index in [2.05, 4.69) is 63.5 Å². The summed E-state index contributed by atoms with van der Waals surface area (Å²) < 4.78 is 1.84. The molecule has 2 aromatic heterocycles. The lowest BCUT2D eigenvalue weighted by atomic mass is 9.95. The number of aromatic nitrogens is 5. The summed E-state index contributed by atoms with van der Waals surface area (Å²) in [4.78, 5) is 19.0. The molecule has 170 valence electrons. The molecule has 7 nitrogen and oxygen atoms in total. The van der Waals surface area contributed by atoms with Crippen LogP contribution in [0.25, 0.3) is 10.9 Å². The molecule has 3 heterocycles. The fourth-order valence-electron chi connectivity index (χ4n) is 5.14. The first-order chi connectivity index (χ1) is 16.0. The van der Waals surface area contributed by atoms with Crippen molar-refractivity contribution in [2.24, 2.45) is 5.92 Å². The van der Waals surface area contributed by atoms with E-state index < -0.39 is 0 Å². The second-order valence-electron chi connectivity index (χ2n) is 9.43. The molecule has 2 atom stereocenters. The zero-order valence-electron chi connectivity index (χ0n) is 19.5. The first kappa shape index (κ1) is 21.5. The van der Waals surface area contributed by atoms with Crippen LogP contribution in [-0.2, 0) is 6.54 Å². The van der Waals surface area contributed by atoms with Gasteiger partial charge in [0.1, 0.15) is 6.04 Å². The zero-order chi connectivity index (χ0) is 22.9. The van der Waals surface area contributed by atoms with E-state index >= 15 is 0 Å². The van der Waals surface area contributed by atoms with Gasteiger partial charge in [-0.15, -0.1) is 5.10 Å². The van der Waals surface area contributed by atoms with Gasteiger partial charge in [-0.05, 0) is 78.2 Å². The summed E-state index contributed by atoms with van der Waals surface area (Å²) in [5.41, 5.74) is 4.89. The fourth-order valence-corrected chi connectivity index (χ4v) is 5.14. The maximum atomic E-state index is 13.4. The Morgan fingerprint density at radius 3 is 2.76 bits per heavy atom. The molecule has 7 heteroatoms. The van der Waals surface area contributed by atoms with Gasteiger partial charge in [0.2, 0.25) is 0 Å². The number of pyridine rings is 1. The summed E-state index contributed by atoms with van der Waals surface area (Å²) in [6.45, 7) is 8.78. The third kappa shape index (κ3) is 4.33. The lowest BCUT2D eigenvalue weighted by Gasteiger charge is -2.36. The van der Waals surface area contributed by atoms with Crippen molar-refractivity contribution in [3.8, 4) is 0 Å². The molecular weight excluding hydrogens is 412 g/mol. The number of nitrogens with one attached hydrogen (secondary N) is 1. The van der Waals surface area contributed by atoms with Gasteiger partial charge in [0, 0.05) is 12.1 Å². The maximum Gasteiger partial charge on any atom is 0.253 e. The quantitative estimate of drug-likeness (QED) is 0.505. The Labute approximate surface area is 193 Å². The lowest BCUT2D eigenvalue weighted by Crippen LogP contribution is -2.41. The highest BCUT2D eigenvalue weighted by Gasteiger charge is 2.32. The number of tetrazole rings is 1. The van der Waals surface area contributed by atoms with Gasteiger partial charge in [-0.25, -0.2) is 4.68 Å². The highest BCUT2D eigenvalue weighted by Crippen LogP contribution is 2.31. The largest absolute Gasteiger partial charge is 0.321 e. The number of piperidine rings is 1. The molecule has 0 saturated carbocycles. The molecule has 0 unspecified atom stereocenters. The van der Waals surface area contributed by atoms with Crippen molar-refractivity contribution in [2.75, 3.05) is 13.1 Å². The normalized spacial score (nSPS) is 18.0. The summed E-state index contributed by atoms with van der Waals surface area (Å²) in [5.74, 6) is 1.27. The van der Waals surface area contributed by atoms with Crippen molar-refractivity contribution in [3.63, 3.8) is 0 Å². The second kappa shape index (κ2) is 8.90. The van der Waals surface area contributed by atoms with Crippen molar-refractivity contribution in [2.45, 2.75) is 46.2 Å². The van der Waals surface area contributed by atoms with Gasteiger partial charge in [0.05, 0.1) is 12.1 Å². The number of likely N-dealkylation sites (tertiary alicyclic amines) is 1. The molecule has 0 amide bonds. The molecule has 1 N–H and O–H groups in total. The molecule has 0 bridgehead atoms. The Morgan fingerprint density at radius 2 is 1.97 bits per heavy atom. The van der Waals surface area contributed by atoms with Crippen molar-refractivity contribution < 1.29 is 0 Å². The number of fused-ring (bicyclic) bond motifs is 1. The van der Waals surface area contributed by atoms with Crippen molar-refractivity contribution in [3.05, 3.63) is 87.0 Å². The van der Waals surface area contributed by atoms with E-state index in [4.69, 9.17) is 0 Å². The predicted molar refractivity (Wildman–Crippen MR) is 129 cm³/mol. The second-order valence-corrected chi connectivity index (χ2v) is 9.43. The van der Waals surface area contributed by atoms with Crippen LogP contribution in [0, 0.1) is 19.8 Å². The standard InChI is InChI=1S/C26H30N6O/c1-17-8-7-11-31(15-17)24(25-28-29-30-32(25)16-20-9-5-4-6-10-20)22-14-21-13-18(2)12-19(3)23(21)27-26(22)33/h4-6,9-10,12-14,17,24H,7-8,11,15-16H2,1-3H3,(H,27,33)/t17-,24+/m0/s1. The third-order valence-corrected chi connectivity index (χ3v) is 6.65. The number of nitrogens with zero attached hydrogens (tertiary/aromatic N) is 5.